The monoisotopic (exact) mass is 416 g/mol. The molecule has 2 heterocycles. The number of aryl methyl sites for hydroxylation is 2. The first-order chi connectivity index (χ1) is 14.3. The number of amides is 1. The van der Waals surface area contributed by atoms with Gasteiger partial charge in [-0.3, -0.25) is 4.79 Å². The van der Waals surface area contributed by atoms with Crippen LogP contribution >= 0.6 is 0 Å². The van der Waals surface area contributed by atoms with Crippen LogP contribution in [0.5, 0.6) is 5.75 Å². The number of aromatic nitrogens is 3. The van der Waals surface area contributed by atoms with E-state index in [1.165, 1.54) is 12.1 Å². The Morgan fingerprint density at radius 1 is 1.20 bits per heavy atom. The second-order valence-corrected chi connectivity index (χ2v) is 7.52. The minimum atomic E-state index is -2.85. The maximum absolute atomic E-state index is 12.3. The highest BCUT2D eigenvalue weighted by molar-refractivity contribution is 5.81. The highest BCUT2D eigenvalue weighted by atomic mass is 19.3. The van der Waals surface area contributed by atoms with Crippen molar-refractivity contribution >= 4 is 16.9 Å². The molecule has 3 aromatic rings. The number of carbonyl (C=O) groups is 1. The number of rotatable bonds is 8. The molecule has 0 aliphatic rings. The summed E-state index contributed by atoms with van der Waals surface area (Å²) in [5.41, 5.74) is 4.75. The second kappa shape index (κ2) is 9.19. The number of hydrogen-bond donors (Lipinski definition) is 1. The Morgan fingerprint density at radius 2 is 1.90 bits per heavy atom. The molecule has 0 spiro atoms. The molecule has 6 nitrogen and oxygen atoms in total. The van der Waals surface area contributed by atoms with E-state index in [0.717, 1.165) is 33.4 Å². The van der Waals surface area contributed by atoms with Gasteiger partial charge in [0.2, 0.25) is 5.91 Å². The van der Waals surface area contributed by atoms with E-state index in [2.05, 4.69) is 29.0 Å². The molecule has 30 heavy (non-hydrogen) atoms. The molecule has 0 radical (unpaired) electrons. The Kier molecular flexibility index (Phi) is 6.64. The number of carbonyl (C=O) groups excluding carboxylic acids is 1. The number of ether oxygens (including phenoxy) is 1. The Bertz CT molecular complexity index is 1030. The van der Waals surface area contributed by atoms with Gasteiger partial charge in [0.05, 0.1) is 6.20 Å². The third kappa shape index (κ3) is 4.93. The van der Waals surface area contributed by atoms with Gasteiger partial charge in [-0.1, -0.05) is 12.1 Å². The SMILES string of the molecule is Cc1nc2c(cnn2C(C)C)c(C)c1CCC(=O)NCc1ccc(OC(F)F)cc1. The van der Waals surface area contributed by atoms with Crippen LogP contribution in [0.4, 0.5) is 8.78 Å². The molecule has 0 aliphatic heterocycles. The first-order valence-electron chi connectivity index (χ1n) is 9.90. The molecule has 8 heteroatoms. The van der Waals surface area contributed by atoms with Crippen molar-refractivity contribution in [2.45, 2.75) is 59.7 Å². The van der Waals surface area contributed by atoms with E-state index < -0.39 is 6.61 Å². The molecule has 1 amide bonds. The number of halogens is 2. The molecule has 3 rings (SSSR count). The van der Waals surface area contributed by atoms with Crippen molar-refractivity contribution in [2.24, 2.45) is 0 Å². The summed E-state index contributed by atoms with van der Waals surface area (Å²) in [6, 6.07) is 6.44. The zero-order chi connectivity index (χ0) is 21.8. The summed E-state index contributed by atoms with van der Waals surface area (Å²) in [5, 5.41) is 8.31. The summed E-state index contributed by atoms with van der Waals surface area (Å²) < 4.78 is 30.6. The summed E-state index contributed by atoms with van der Waals surface area (Å²) in [6.07, 6.45) is 2.75. The van der Waals surface area contributed by atoms with Crippen LogP contribution in [-0.2, 0) is 17.8 Å². The number of nitrogens with one attached hydrogen (secondary N) is 1. The fourth-order valence-electron chi connectivity index (χ4n) is 3.45. The molecule has 0 fully saturated rings. The number of alkyl halides is 2. The molecule has 1 aromatic carbocycles. The first kappa shape index (κ1) is 21.7. The molecule has 0 unspecified atom stereocenters. The molecule has 0 saturated carbocycles. The lowest BCUT2D eigenvalue weighted by Crippen LogP contribution is -2.23. The van der Waals surface area contributed by atoms with E-state index in [9.17, 15) is 13.6 Å². The topological polar surface area (TPSA) is 69.0 Å². The molecule has 0 aliphatic carbocycles. The predicted octanol–water partition coefficient (Wildman–Crippen LogP) is 4.48. The van der Waals surface area contributed by atoms with Crippen molar-refractivity contribution in [3.05, 3.63) is 52.8 Å². The van der Waals surface area contributed by atoms with E-state index in [0.29, 0.717) is 19.4 Å². The second-order valence-electron chi connectivity index (χ2n) is 7.52. The molecule has 160 valence electrons. The Morgan fingerprint density at radius 3 is 2.53 bits per heavy atom. The fraction of sp³-hybridized carbons (Fsp3) is 0.409. The Balaban J connectivity index is 1.60. The van der Waals surface area contributed by atoms with Crippen LogP contribution in [0.2, 0.25) is 0 Å². The third-order valence-corrected chi connectivity index (χ3v) is 5.07. The third-order valence-electron chi connectivity index (χ3n) is 5.07. The van der Waals surface area contributed by atoms with Gasteiger partial charge >= 0.3 is 6.61 Å². The quantitative estimate of drug-likeness (QED) is 0.588. The van der Waals surface area contributed by atoms with E-state index in [1.54, 1.807) is 12.1 Å². The van der Waals surface area contributed by atoms with Gasteiger partial charge in [-0.15, -0.1) is 0 Å². The smallest absolute Gasteiger partial charge is 0.387 e. The molecule has 0 atom stereocenters. The normalized spacial score (nSPS) is 11.5. The van der Waals surface area contributed by atoms with Crippen LogP contribution in [0.15, 0.2) is 30.5 Å². The van der Waals surface area contributed by atoms with Gasteiger partial charge in [-0.25, -0.2) is 9.67 Å². The highest BCUT2D eigenvalue weighted by Crippen LogP contribution is 2.25. The maximum atomic E-state index is 12.3. The zero-order valence-electron chi connectivity index (χ0n) is 17.6. The summed E-state index contributed by atoms with van der Waals surface area (Å²) in [5.74, 6) is 0.00869. The lowest BCUT2D eigenvalue weighted by Gasteiger charge is -2.13. The van der Waals surface area contributed by atoms with E-state index in [-0.39, 0.29) is 17.7 Å². The predicted molar refractivity (Wildman–Crippen MR) is 111 cm³/mol. The van der Waals surface area contributed by atoms with E-state index in [4.69, 9.17) is 4.98 Å². The number of pyridine rings is 1. The number of benzene rings is 1. The van der Waals surface area contributed by atoms with Crippen molar-refractivity contribution < 1.29 is 18.3 Å². The molecule has 0 saturated heterocycles. The van der Waals surface area contributed by atoms with Gasteiger partial charge in [-0.05, 0) is 62.9 Å². The van der Waals surface area contributed by atoms with Crippen molar-refractivity contribution in [1.82, 2.24) is 20.1 Å². The van der Waals surface area contributed by atoms with Gasteiger partial charge < -0.3 is 10.1 Å². The van der Waals surface area contributed by atoms with Gasteiger partial charge in [-0.2, -0.15) is 13.9 Å². The first-order valence-corrected chi connectivity index (χ1v) is 9.90. The summed E-state index contributed by atoms with van der Waals surface area (Å²) >= 11 is 0. The standard InChI is InChI=1S/C22H26F2N4O2/c1-13(2)28-21-19(12-26-28)14(3)18(15(4)27-21)9-10-20(29)25-11-16-5-7-17(8-6-16)30-22(23)24/h5-8,12-13,22H,9-11H2,1-4H3,(H,25,29). The fourth-order valence-corrected chi connectivity index (χ4v) is 3.45. The number of fused-ring (bicyclic) bond motifs is 1. The summed E-state index contributed by atoms with van der Waals surface area (Å²) in [7, 11) is 0. The maximum Gasteiger partial charge on any atom is 0.387 e. The average molecular weight is 416 g/mol. The van der Waals surface area contributed by atoms with E-state index >= 15 is 0 Å². The van der Waals surface area contributed by atoms with Crippen LogP contribution in [0.1, 0.15) is 48.7 Å². The van der Waals surface area contributed by atoms with Crippen LogP contribution in [0, 0.1) is 13.8 Å². The molecular formula is C22H26F2N4O2. The molecular weight excluding hydrogens is 390 g/mol. The molecule has 0 bridgehead atoms. The van der Waals surface area contributed by atoms with Crippen molar-refractivity contribution in [3.8, 4) is 5.75 Å². The molecule has 2 aromatic heterocycles. The van der Waals surface area contributed by atoms with Gasteiger partial charge in [0, 0.05) is 30.1 Å². The minimum absolute atomic E-state index is 0.0836. The Labute approximate surface area is 174 Å². The average Bonchev–Trinajstić information content (AvgIpc) is 3.11. The van der Waals surface area contributed by atoms with Gasteiger partial charge in [0.15, 0.2) is 5.65 Å². The van der Waals surface area contributed by atoms with E-state index in [1.807, 2.05) is 24.7 Å². The van der Waals surface area contributed by atoms with Crippen molar-refractivity contribution in [3.63, 3.8) is 0 Å². The van der Waals surface area contributed by atoms with Crippen LogP contribution < -0.4 is 10.1 Å². The highest BCUT2D eigenvalue weighted by Gasteiger charge is 2.15. The number of nitrogens with zero attached hydrogens (tertiary/aromatic N) is 3. The number of hydrogen-bond acceptors (Lipinski definition) is 4. The largest absolute Gasteiger partial charge is 0.435 e. The lowest BCUT2D eigenvalue weighted by atomic mass is 10.0. The van der Waals surface area contributed by atoms with Crippen LogP contribution in [-0.4, -0.2) is 27.3 Å². The van der Waals surface area contributed by atoms with Crippen molar-refractivity contribution in [1.29, 1.82) is 0 Å². The van der Waals surface area contributed by atoms with Crippen LogP contribution in [0.25, 0.3) is 11.0 Å². The lowest BCUT2D eigenvalue weighted by molar-refractivity contribution is -0.121. The van der Waals surface area contributed by atoms with Gasteiger partial charge in [0.1, 0.15) is 5.75 Å². The minimum Gasteiger partial charge on any atom is -0.435 e. The Hall–Kier alpha value is -3.03. The summed E-state index contributed by atoms with van der Waals surface area (Å²) in [6.45, 7) is 5.60. The van der Waals surface area contributed by atoms with Crippen LogP contribution in [0.3, 0.4) is 0 Å². The summed E-state index contributed by atoms with van der Waals surface area (Å²) in [4.78, 5) is 17.0. The van der Waals surface area contributed by atoms with Crippen molar-refractivity contribution in [2.75, 3.05) is 0 Å². The molecule has 1 N–H and O–H groups in total. The van der Waals surface area contributed by atoms with Gasteiger partial charge in [0.25, 0.3) is 0 Å². The zero-order valence-corrected chi connectivity index (χ0v) is 17.6.